The highest BCUT2D eigenvalue weighted by Crippen LogP contribution is 2.30. The number of rotatable bonds is 3. The van der Waals surface area contributed by atoms with Gasteiger partial charge in [-0.2, -0.15) is 5.26 Å². The third-order valence-corrected chi connectivity index (χ3v) is 4.57. The zero-order valence-electron chi connectivity index (χ0n) is 13.6. The van der Waals surface area contributed by atoms with Crippen LogP contribution in [0, 0.1) is 17.2 Å². The molecule has 1 atom stereocenters. The second-order valence-electron chi connectivity index (χ2n) is 6.25. The van der Waals surface area contributed by atoms with Gasteiger partial charge in [0, 0.05) is 19.6 Å². The molecule has 2 aromatic carbocycles. The van der Waals surface area contributed by atoms with Gasteiger partial charge in [-0.25, -0.2) is 0 Å². The van der Waals surface area contributed by atoms with Crippen LogP contribution in [0.4, 0.5) is 0 Å². The molecule has 2 heteroatoms. The van der Waals surface area contributed by atoms with Crippen LogP contribution >= 0.6 is 0 Å². The summed E-state index contributed by atoms with van der Waals surface area (Å²) in [5, 5.41) is 9.63. The minimum Gasteiger partial charge on any atom is -0.298 e. The summed E-state index contributed by atoms with van der Waals surface area (Å²) in [6.45, 7) is 5.27. The Kier molecular flexibility index (Phi) is 4.90. The number of nitrogens with zero attached hydrogens (tertiary/aromatic N) is 2. The molecule has 1 aliphatic rings. The van der Waals surface area contributed by atoms with Crippen LogP contribution < -0.4 is 0 Å². The summed E-state index contributed by atoms with van der Waals surface area (Å²) in [7, 11) is 0. The second kappa shape index (κ2) is 7.26. The first-order valence-electron chi connectivity index (χ1n) is 8.23. The minimum absolute atomic E-state index is 0.419. The van der Waals surface area contributed by atoms with E-state index in [0.29, 0.717) is 5.92 Å². The lowest BCUT2D eigenvalue weighted by molar-refractivity contribution is 0.214. The summed E-state index contributed by atoms with van der Waals surface area (Å²) < 4.78 is 0. The molecule has 1 aliphatic heterocycles. The average Bonchev–Trinajstić information content (AvgIpc) is 2.59. The molecule has 1 fully saturated rings. The summed E-state index contributed by atoms with van der Waals surface area (Å²) >= 11 is 0. The van der Waals surface area contributed by atoms with Crippen LogP contribution in [0.25, 0.3) is 5.57 Å². The van der Waals surface area contributed by atoms with Gasteiger partial charge in [-0.05, 0) is 29.0 Å². The Morgan fingerprint density at radius 2 is 1.74 bits per heavy atom. The van der Waals surface area contributed by atoms with E-state index in [1.165, 1.54) is 11.1 Å². The van der Waals surface area contributed by atoms with E-state index in [4.69, 9.17) is 0 Å². The molecule has 0 saturated carbocycles. The van der Waals surface area contributed by atoms with Crippen molar-refractivity contribution in [3.05, 3.63) is 77.4 Å². The monoisotopic (exact) mass is 302 g/mol. The van der Waals surface area contributed by atoms with Crippen molar-refractivity contribution < 1.29 is 0 Å². The van der Waals surface area contributed by atoms with Crippen molar-refractivity contribution in [1.29, 1.82) is 5.26 Å². The molecule has 1 saturated heterocycles. The van der Waals surface area contributed by atoms with Crippen LogP contribution in [0.3, 0.4) is 0 Å². The van der Waals surface area contributed by atoms with Crippen molar-refractivity contribution in [2.75, 3.05) is 13.1 Å². The third kappa shape index (κ3) is 3.70. The molecule has 0 spiro atoms. The largest absolute Gasteiger partial charge is 0.298 e. The molecule has 0 radical (unpaired) electrons. The van der Waals surface area contributed by atoms with E-state index in [0.717, 1.165) is 37.2 Å². The predicted molar refractivity (Wildman–Crippen MR) is 94.5 cm³/mol. The number of hydrogen-bond donors (Lipinski definition) is 0. The molecule has 1 heterocycles. The molecule has 0 aromatic heterocycles. The smallest absolute Gasteiger partial charge is 0.0997 e. The quantitative estimate of drug-likeness (QED) is 0.780. The first-order chi connectivity index (χ1) is 11.3. The van der Waals surface area contributed by atoms with E-state index in [1.807, 2.05) is 30.3 Å². The summed E-state index contributed by atoms with van der Waals surface area (Å²) in [6, 6.07) is 23.1. The summed E-state index contributed by atoms with van der Waals surface area (Å²) in [5.41, 5.74) is 4.59. The number of hydrogen-bond acceptors (Lipinski definition) is 2. The number of benzene rings is 2. The van der Waals surface area contributed by atoms with E-state index in [-0.39, 0.29) is 0 Å². The van der Waals surface area contributed by atoms with Gasteiger partial charge in [0.05, 0.1) is 11.6 Å². The van der Waals surface area contributed by atoms with Crippen LogP contribution in [-0.4, -0.2) is 18.0 Å². The van der Waals surface area contributed by atoms with Crippen LogP contribution in [0.15, 0.2) is 66.2 Å². The highest BCUT2D eigenvalue weighted by Gasteiger charge is 2.24. The van der Waals surface area contributed by atoms with Gasteiger partial charge in [0.2, 0.25) is 0 Å². The number of allylic oxidation sites excluding steroid dienone is 1. The molecule has 3 rings (SSSR count). The molecule has 0 amide bonds. The molecular formula is C21H22N2. The van der Waals surface area contributed by atoms with E-state index in [1.54, 1.807) is 0 Å². The van der Waals surface area contributed by atoms with Crippen molar-refractivity contribution in [1.82, 2.24) is 4.90 Å². The van der Waals surface area contributed by atoms with Gasteiger partial charge in [-0.3, -0.25) is 4.90 Å². The molecule has 1 unspecified atom stereocenters. The van der Waals surface area contributed by atoms with Crippen molar-refractivity contribution in [3.63, 3.8) is 0 Å². The highest BCUT2D eigenvalue weighted by atomic mass is 15.1. The predicted octanol–water partition coefficient (Wildman–Crippen LogP) is 4.51. The molecule has 2 aromatic rings. The molecule has 0 N–H and O–H groups in total. The molecule has 23 heavy (non-hydrogen) atoms. The fraction of sp³-hybridized carbons (Fsp3) is 0.286. The zero-order chi connectivity index (χ0) is 16.1. The standard InChI is InChI=1S/C21H22N2/c1-17-15-23(16-18-8-4-2-5-9-18)13-12-20(17)21(14-22)19-10-6-3-7-11-19/h2-11,17H,12-13,15-16H2,1H3/b21-20+. The molecular weight excluding hydrogens is 280 g/mol. The van der Waals surface area contributed by atoms with Gasteiger partial charge in [0.1, 0.15) is 0 Å². The number of nitriles is 1. The lowest BCUT2D eigenvalue weighted by atomic mass is 9.86. The molecule has 0 aliphatic carbocycles. The van der Waals surface area contributed by atoms with Gasteiger partial charge < -0.3 is 0 Å². The number of likely N-dealkylation sites (tertiary alicyclic amines) is 1. The lowest BCUT2D eigenvalue weighted by Crippen LogP contribution is -2.35. The summed E-state index contributed by atoms with van der Waals surface area (Å²) in [5.74, 6) is 0.419. The van der Waals surface area contributed by atoms with Gasteiger partial charge in [0.25, 0.3) is 0 Å². The Labute approximate surface area is 138 Å². The average molecular weight is 302 g/mol. The van der Waals surface area contributed by atoms with Gasteiger partial charge >= 0.3 is 0 Å². The normalized spacial score (nSPS) is 20.8. The van der Waals surface area contributed by atoms with Crippen molar-refractivity contribution in [2.45, 2.75) is 19.9 Å². The first-order valence-corrected chi connectivity index (χ1v) is 8.23. The van der Waals surface area contributed by atoms with Crippen molar-refractivity contribution in [2.24, 2.45) is 5.92 Å². The Bertz CT molecular complexity index is 711. The maximum absolute atomic E-state index is 9.63. The summed E-state index contributed by atoms with van der Waals surface area (Å²) in [6.07, 6.45) is 0.978. The van der Waals surface area contributed by atoms with Gasteiger partial charge in [-0.15, -0.1) is 0 Å². The van der Waals surface area contributed by atoms with Crippen LogP contribution in [0.5, 0.6) is 0 Å². The fourth-order valence-corrected chi connectivity index (χ4v) is 3.40. The first kappa shape index (κ1) is 15.5. The number of piperidine rings is 1. The topological polar surface area (TPSA) is 27.0 Å². The van der Waals surface area contributed by atoms with E-state index in [9.17, 15) is 5.26 Å². The van der Waals surface area contributed by atoms with Gasteiger partial charge in [-0.1, -0.05) is 67.6 Å². The summed E-state index contributed by atoms with van der Waals surface area (Å²) in [4.78, 5) is 2.49. The maximum Gasteiger partial charge on any atom is 0.0997 e. The molecule has 0 bridgehead atoms. The van der Waals surface area contributed by atoms with Crippen molar-refractivity contribution >= 4 is 5.57 Å². The fourth-order valence-electron chi connectivity index (χ4n) is 3.40. The van der Waals surface area contributed by atoms with Crippen LogP contribution in [0.2, 0.25) is 0 Å². The minimum atomic E-state index is 0.419. The van der Waals surface area contributed by atoms with Gasteiger partial charge in [0.15, 0.2) is 0 Å². The Morgan fingerprint density at radius 1 is 1.09 bits per heavy atom. The zero-order valence-corrected chi connectivity index (χ0v) is 13.6. The third-order valence-electron chi connectivity index (χ3n) is 4.57. The van der Waals surface area contributed by atoms with Crippen LogP contribution in [-0.2, 0) is 6.54 Å². The van der Waals surface area contributed by atoms with E-state index >= 15 is 0 Å². The van der Waals surface area contributed by atoms with E-state index < -0.39 is 0 Å². The Morgan fingerprint density at radius 3 is 2.35 bits per heavy atom. The maximum atomic E-state index is 9.63. The highest BCUT2D eigenvalue weighted by molar-refractivity contribution is 5.79. The lowest BCUT2D eigenvalue weighted by Gasteiger charge is -2.33. The van der Waals surface area contributed by atoms with Crippen LogP contribution in [0.1, 0.15) is 24.5 Å². The SMILES string of the molecule is CC1CN(Cc2ccccc2)CC/C1=C(/C#N)c1ccccc1. The molecule has 116 valence electrons. The Balaban J connectivity index is 1.76. The van der Waals surface area contributed by atoms with Crippen molar-refractivity contribution in [3.8, 4) is 6.07 Å². The van der Waals surface area contributed by atoms with E-state index in [2.05, 4.69) is 48.2 Å². The second-order valence-corrected chi connectivity index (χ2v) is 6.25. The molecule has 2 nitrogen and oxygen atoms in total. The Hall–Kier alpha value is -2.37.